The molecule has 1 aromatic heterocycles. The Balaban J connectivity index is 1.59. The van der Waals surface area contributed by atoms with Crippen LogP contribution in [0.15, 0.2) is 42.6 Å². The largest absolute Gasteiger partial charge is 0.465 e. The predicted octanol–water partition coefficient (Wildman–Crippen LogP) is 2.89. The van der Waals surface area contributed by atoms with Crippen LogP contribution in [-0.2, 0) is 4.79 Å². The van der Waals surface area contributed by atoms with Gasteiger partial charge in [-0.2, -0.15) is 0 Å². The number of aromatic nitrogens is 1. The lowest BCUT2D eigenvalue weighted by molar-refractivity contribution is -0.119. The molecule has 1 amide bonds. The Bertz CT molecular complexity index is 827. The summed E-state index contributed by atoms with van der Waals surface area (Å²) in [6.45, 7) is 2.41. The van der Waals surface area contributed by atoms with Gasteiger partial charge >= 0.3 is 6.09 Å². The molecule has 1 saturated heterocycles. The van der Waals surface area contributed by atoms with Crippen LogP contribution in [0.3, 0.4) is 0 Å². The summed E-state index contributed by atoms with van der Waals surface area (Å²) in [6, 6.07) is 11.4. The summed E-state index contributed by atoms with van der Waals surface area (Å²) in [4.78, 5) is 33.0. The number of carboxylic acid groups (broad SMARTS) is 1. The molecule has 3 heterocycles. The zero-order valence-corrected chi connectivity index (χ0v) is 14.3. The summed E-state index contributed by atoms with van der Waals surface area (Å²) >= 11 is 0. The molecule has 134 valence electrons. The Morgan fingerprint density at radius 3 is 2.35 bits per heavy atom. The molecular weight excluding hydrogens is 332 g/mol. The fraction of sp³-hybridized carbons (Fsp3) is 0.316. The number of nitrogens with zero attached hydrogens (tertiary/aromatic N) is 4. The number of piperidine rings is 1. The average Bonchev–Trinajstić information content (AvgIpc) is 2.68. The SMILES string of the molecule is O=C1CCN(c2ccc(N3CCN(C(=O)O)c4ccccc43)nc2)CC1. The number of carbonyl (C=O) groups is 2. The van der Waals surface area contributed by atoms with E-state index in [1.54, 1.807) is 0 Å². The lowest BCUT2D eigenvalue weighted by atomic mass is 10.1. The third kappa shape index (κ3) is 2.96. The maximum Gasteiger partial charge on any atom is 0.411 e. The van der Waals surface area contributed by atoms with Crippen molar-refractivity contribution >= 4 is 34.8 Å². The lowest BCUT2D eigenvalue weighted by Crippen LogP contribution is -2.42. The fourth-order valence-electron chi connectivity index (χ4n) is 3.54. The third-order valence-corrected chi connectivity index (χ3v) is 4.94. The summed E-state index contributed by atoms with van der Waals surface area (Å²) in [5.41, 5.74) is 2.52. The molecular formula is C19H20N4O3. The molecule has 0 aliphatic carbocycles. The summed E-state index contributed by atoms with van der Waals surface area (Å²) < 4.78 is 0. The van der Waals surface area contributed by atoms with Crippen LogP contribution < -0.4 is 14.7 Å². The molecule has 0 unspecified atom stereocenters. The van der Waals surface area contributed by atoms with Gasteiger partial charge < -0.3 is 14.9 Å². The van der Waals surface area contributed by atoms with Crippen LogP contribution in [0, 0.1) is 0 Å². The first-order chi connectivity index (χ1) is 12.6. The monoisotopic (exact) mass is 352 g/mol. The number of pyridine rings is 1. The van der Waals surface area contributed by atoms with Crippen LogP contribution in [-0.4, -0.2) is 48.1 Å². The molecule has 0 saturated carbocycles. The minimum Gasteiger partial charge on any atom is -0.465 e. The highest BCUT2D eigenvalue weighted by molar-refractivity contribution is 5.93. The van der Waals surface area contributed by atoms with Crippen molar-refractivity contribution in [1.29, 1.82) is 0 Å². The molecule has 0 bridgehead atoms. The topological polar surface area (TPSA) is 77.0 Å². The molecule has 7 heteroatoms. The highest BCUT2D eigenvalue weighted by Gasteiger charge is 2.27. The Kier molecular flexibility index (Phi) is 4.20. The van der Waals surface area contributed by atoms with Crippen LogP contribution in [0.2, 0.25) is 0 Å². The maximum atomic E-state index is 11.5. The minimum absolute atomic E-state index is 0.318. The van der Waals surface area contributed by atoms with Crippen molar-refractivity contribution in [2.24, 2.45) is 0 Å². The van der Waals surface area contributed by atoms with Crippen molar-refractivity contribution in [2.75, 3.05) is 40.9 Å². The van der Waals surface area contributed by atoms with Crippen LogP contribution in [0.4, 0.5) is 27.7 Å². The Morgan fingerprint density at radius 2 is 1.69 bits per heavy atom. The lowest BCUT2D eigenvalue weighted by Gasteiger charge is -2.36. The Hall–Kier alpha value is -3.09. The normalized spacial score (nSPS) is 17.2. The van der Waals surface area contributed by atoms with E-state index in [4.69, 9.17) is 0 Å². The third-order valence-electron chi connectivity index (χ3n) is 4.94. The summed E-state index contributed by atoms with van der Waals surface area (Å²) in [7, 11) is 0. The van der Waals surface area contributed by atoms with Crippen molar-refractivity contribution in [2.45, 2.75) is 12.8 Å². The molecule has 0 spiro atoms. The van der Waals surface area contributed by atoms with Crippen molar-refractivity contribution in [3.05, 3.63) is 42.6 Å². The van der Waals surface area contributed by atoms with Crippen molar-refractivity contribution in [3.63, 3.8) is 0 Å². The zero-order chi connectivity index (χ0) is 18.1. The van der Waals surface area contributed by atoms with E-state index >= 15 is 0 Å². The molecule has 1 fully saturated rings. The molecule has 4 rings (SSSR count). The number of fused-ring (bicyclic) bond motifs is 1. The van der Waals surface area contributed by atoms with E-state index in [0.717, 1.165) is 30.3 Å². The van der Waals surface area contributed by atoms with Gasteiger partial charge in [0, 0.05) is 39.0 Å². The van der Waals surface area contributed by atoms with E-state index < -0.39 is 6.09 Å². The van der Waals surface area contributed by atoms with E-state index in [0.29, 0.717) is 37.4 Å². The van der Waals surface area contributed by atoms with Gasteiger partial charge in [0.2, 0.25) is 0 Å². The second-order valence-electron chi connectivity index (χ2n) is 6.47. The van der Waals surface area contributed by atoms with Crippen molar-refractivity contribution in [1.82, 2.24) is 4.98 Å². The van der Waals surface area contributed by atoms with Gasteiger partial charge in [-0.3, -0.25) is 9.69 Å². The van der Waals surface area contributed by atoms with Gasteiger partial charge in [-0.1, -0.05) is 12.1 Å². The van der Waals surface area contributed by atoms with Crippen molar-refractivity contribution in [3.8, 4) is 0 Å². The van der Waals surface area contributed by atoms with Gasteiger partial charge in [0.25, 0.3) is 0 Å². The zero-order valence-electron chi connectivity index (χ0n) is 14.3. The first-order valence-corrected chi connectivity index (χ1v) is 8.73. The number of benzene rings is 1. The number of hydrogen-bond acceptors (Lipinski definition) is 5. The summed E-state index contributed by atoms with van der Waals surface area (Å²) in [5.74, 6) is 1.11. The van der Waals surface area contributed by atoms with E-state index in [-0.39, 0.29) is 0 Å². The van der Waals surface area contributed by atoms with E-state index in [2.05, 4.69) is 9.88 Å². The molecule has 1 aromatic carbocycles. The van der Waals surface area contributed by atoms with Gasteiger partial charge in [-0.05, 0) is 24.3 Å². The average molecular weight is 352 g/mol. The van der Waals surface area contributed by atoms with Crippen LogP contribution in [0.5, 0.6) is 0 Å². The Morgan fingerprint density at radius 1 is 0.962 bits per heavy atom. The number of ketones is 1. The number of rotatable bonds is 2. The second kappa shape index (κ2) is 6.67. The second-order valence-corrected chi connectivity index (χ2v) is 6.47. The fourth-order valence-corrected chi connectivity index (χ4v) is 3.54. The molecule has 0 atom stereocenters. The number of Topliss-reactive ketones (excluding diaryl/α,β-unsaturated/α-hetero) is 1. The van der Waals surface area contributed by atoms with Crippen LogP contribution in [0.1, 0.15) is 12.8 Å². The summed E-state index contributed by atoms with van der Waals surface area (Å²) in [5, 5.41) is 9.40. The van der Waals surface area contributed by atoms with Crippen LogP contribution in [0.25, 0.3) is 0 Å². The van der Waals surface area contributed by atoms with Gasteiger partial charge in [-0.15, -0.1) is 0 Å². The highest BCUT2D eigenvalue weighted by Crippen LogP contribution is 2.37. The quantitative estimate of drug-likeness (QED) is 0.895. The first kappa shape index (κ1) is 16.4. The maximum absolute atomic E-state index is 11.5. The number of amides is 1. The Labute approximate surface area is 151 Å². The number of anilines is 4. The van der Waals surface area contributed by atoms with Gasteiger partial charge in [0.05, 0.1) is 23.3 Å². The minimum atomic E-state index is -0.944. The predicted molar refractivity (Wildman–Crippen MR) is 99.5 cm³/mol. The van der Waals surface area contributed by atoms with Crippen LogP contribution >= 0.6 is 0 Å². The molecule has 2 aromatic rings. The molecule has 2 aliphatic rings. The number of para-hydroxylation sites is 2. The molecule has 2 aliphatic heterocycles. The smallest absolute Gasteiger partial charge is 0.411 e. The van der Waals surface area contributed by atoms with Gasteiger partial charge in [0.15, 0.2) is 0 Å². The molecule has 0 radical (unpaired) electrons. The van der Waals surface area contributed by atoms with Gasteiger partial charge in [0.1, 0.15) is 11.6 Å². The molecule has 1 N–H and O–H groups in total. The number of carbonyl (C=O) groups excluding carboxylic acids is 1. The molecule has 26 heavy (non-hydrogen) atoms. The first-order valence-electron chi connectivity index (χ1n) is 8.73. The van der Waals surface area contributed by atoms with E-state index in [1.807, 2.05) is 47.5 Å². The highest BCUT2D eigenvalue weighted by atomic mass is 16.4. The standard InChI is InChI=1S/C19H20N4O3/c24-15-7-9-21(10-8-15)14-5-6-18(20-13-14)22-11-12-23(19(25)26)17-4-2-1-3-16(17)22/h1-6,13H,7-12H2,(H,25,26). The van der Waals surface area contributed by atoms with Gasteiger partial charge in [-0.25, -0.2) is 9.78 Å². The summed E-state index contributed by atoms with van der Waals surface area (Å²) in [6.07, 6.45) is 2.07. The number of hydrogen-bond donors (Lipinski definition) is 1. The molecule has 7 nitrogen and oxygen atoms in total. The van der Waals surface area contributed by atoms with E-state index in [1.165, 1.54) is 4.90 Å². The van der Waals surface area contributed by atoms with E-state index in [9.17, 15) is 14.7 Å². The van der Waals surface area contributed by atoms with Crippen molar-refractivity contribution < 1.29 is 14.7 Å².